The van der Waals surface area contributed by atoms with Gasteiger partial charge in [0.25, 0.3) is 5.91 Å². The van der Waals surface area contributed by atoms with Crippen LogP contribution in [0.1, 0.15) is 15.9 Å². The molecule has 5 nitrogen and oxygen atoms in total. The van der Waals surface area contributed by atoms with Crippen molar-refractivity contribution < 1.29 is 4.79 Å². The highest BCUT2D eigenvalue weighted by molar-refractivity contribution is 9.10. The third kappa shape index (κ3) is 2.89. The monoisotopic (exact) mass is 316 g/mol. The van der Waals surface area contributed by atoms with E-state index in [1.807, 2.05) is 6.07 Å². The van der Waals surface area contributed by atoms with Crippen LogP contribution in [-0.4, -0.2) is 10.9 Å². The molecule has 0 atom stereocenters. The van der Waals surface area contributed by atoms with Gasteiger partial charge in [-0.25, -0.2) is 0 Å². The quantitative estimate of drug-likeness (QED) is 0.890. The largest absolute Gasteiger partial charge is 0.397 e. The van der Waals surface area contributed by atoms with Crippen LogP contribution in [0.5, 0.6) is 0 Å². The van der Waals surface area contributed by atoms with Crippen molar-refractivity contribution in [2.45, 2.75) is 0 Å². The summed E-state index contributed by atoms with van der Waals surface area (Å²) in [7, 11) is 0. The molecule has 6 heteroatoms. The van der Waals surface area contributed by atoms with Crippen molar-refractivity contribution in [2.24, 2.45) is 0 Å². The van der Waals surface area contributed by atoms with Crippen molar-refractivity contribution in [2.75, 3.05) is 11.1 Å². The Balaban J connectivity index is 2.30. The van der Waals surface area contributed by atoms with Crippen LogP contribution in [-0.2, 0) is 0 Å². The topological polar surface area (TPSA) is 91.8 Å². The Morgan fingerprint density at radius 3 is 2.89 bits per heavy atom. The van der Waals surface area contributed by atoms with Crippen molar-refractivity contribution in [3.63, 3.8) is 0 Å². The summed E-state index contributed by atoms with van der Waals surface area (Å²) in [5.41, 5.74) is 7.09. The van der Waals surface area contributed by atoms with E-state index in [4.69, 9.17) is 11.0 Å². The SMILES string of the molecule is N#Cc1cc(Br)ccc1NC(=O)c1ccncc1N. The van der Waals surface area contributed by atoms with E-state index in [0.29, 0.717) is 16.8 Å². The summed E-state index contributed by atoms with van der Waals surface area (Å²) in [6, 6.07) is 8.57. The van der Waals surface area contributed by atoms with E-state index in [1.165, 1.54) is 18.5 Å². The molecule has 19 heavy (non-hydrogen) atoms. The molecule has 0 aliphatic carbocycles. The minimum atomic E-state index is -0.376. The molecule has 3 N–H and O–H groups in total. The molecule has 1 amide bonds. The molecule has 0 aliphatic rings. The predicted octanol–water partition coefficient (Wildman–Crippen LogP) is 2.55. The molecule has 0 aliphatic heterocycles. The second kappa shape index (κ2) is 5.50. The summed E-state index contributed by atoms with van der Waals surface area (Å²) in [5, 5.41) is 11.7. The van der Waals surface area contributed by atoms with Gasteiger partial charge >= 0.3 is 0 Å². The van der Waals surface area contributed by atoms with Gasteiger partial charge in [0.05, 0.1) is 28.7 Å². The summed E-state index contributed by atoms with van der Waals surface area (Å²) in [6.45, 7) is 0. The van der Waals surface area contributed by atoms with Gasteiger partial charge < -0.3 is 11.1 Å². The number of carbonyl (C=O) groups is 1. The maximum atomic E-state index is 12.0. The number of halogens is 1. The fourth-order valence-corrected chi connectivity index (χ4v) is 1.88. The smallest absolute Gasteiger partial charge is 0.257 e. The maximum Gasteiger partial charge on any atom is 0.257 e. The molecule has 2 rings (SSSR count). The molecule has 0 bridgehead atoms. The zero-order chi connectivity index (χ0) is 13.8. The number of benzene rings is 1. The second-order valence-corrected chi connectivity index (χ2v) is 4.63. The van der Waals surface area contributed by atoms with Crippen LogP contribution < -0.4 is 11.1 Å². The molecule has 0 saturated heterocycles. The zero-order valence-corrected chi connectivity index (χ0v) is 11.3. The van der Waals surface area contributed by atoms with E-state index in [9.17, 15) is 4.79 Å². The van der Waals surface area contributed by atoms with Gasteiger partial charge in [-0.3, -0.25) is 9.78 Å². The number of nitrogens with two attached hydrogens (primary N) is 1. The standard InChI is InChI=1S/C13H9BrN4O/c14-9-1-2-12(8(5-9)6-15)18-13(19)10-3-4-17-7-11(10)16/h1-5,7H,16H2,(H,18,19). The van der Waals surface area contributed by atoms with E-state index >= 15 is 0 Å². The number of pyridine rings is 1. The molecule has 0 spiro atoms. The van der Waals surface area contributed by atoms with Crippen LogP contribution in [0.3, 0.4) is 0 Å². The molecule has 0 unspecified atom stereocenters. The average molecular weight is 317 g/mol. The van der Waals surface area contributed by atoms with Crippen LogP contribution in [0.2, 0.25) is 0 Å². The normalized spacial score (nSPS) is 9.68. The first-order valence-corrected chi connectivity index (χ1v) is 6.11. The van der Waals surface area contributed by atoms with Gasteiger partial charge in [0.15, 0.2) is 0 Å². The van der Waals surface area contributed by atoms with Gasteiger partial charge in [-0.2, -0.15) is 5.26 Å². The van der Waals surface area contributed by atoms with E-state index in [0.717, 1.165) is 4.47 Å². The van der Waals surface area contributed by atoms with Crippen LogP contribution in [0.25, 0.3) is 0 Å². The van der Waals surface area contributed by atoms with Gasteiger partial charge in [-0.15, -0.1) is 0 Å². The Morgan fingerprint density at radius 2 is 2.21 bits per heavy atom. The summed E-state index contributed by atoms with van der Waals surface area (Å²) in [6.07, 6.45) is 2.89. The van der Waals surface area contributed by atoms with Gasteiger partial charge in [-0.05, 0) is 24.3 Å². The predicted molar refractivity (Wildman–Crippen MR) is 75.5 cm³/mol. The highest BCUT2D eigenvalue weighted by Crippen LogP contribution is 2.21. The minimum absolute atomic E-state index is 0.288. The number of nitrogens with one attached hydrogen (secondary N) is 1. The van der Waals surface area contributed by atoms with Crippen molar-refractivity contribution in [1.82, 2.24) is 4.98 Å². The molecule has 1 aromatic carbocycles. The molecule has 0 radical (unpaired) electrons. The molecular weight excluding hydrogens is 308 g/mol. The van der Waals surface area contributed by atoms with Gasteiger partial charge in [0.2, 0.25) is 0 Å². The van der Waals surface area contributed by atoms with E-state index in [1.54, 1.807) is 18.2 Å². The number of carbonyl (C=O) groups excluding carboxylic acids is 1. The molecule has 0 saturated carbocycles. The minimum Gasteiger partial charge on any atom is -0.397 e. The third-order valence-electron chi connectivity index (χ3n) is 2.45. The van der Waals surface area contributed by atoms with Crippen LogP contribution in [0.4, 0.5) is 11.4 Å². The Kier molecular flexibility index (Phi) is 3.78. The lowest BCUT2D eigenvalue weighted by Crippen LogP contribution is -2.15. The Labute approximate surface area is 118 Å². The number of nitrogen functional groups attached to an aromatic ring is 1. The summed E-state index contributed by atoms with van der Waals surface area (Å²) >= 11 is 3.27. The molecule has 94 valence electrons. The van der Waals surface area contributed by atoms with Crippen molar-refractivity contribution in [1.29, 1.82) is 5.26 Å². The number of nitrogens with zero attached hydrogens (tertiary/aromatic N) is 2. The number of nitriles is 1. The maximum absolute atomic E-state index is 12.0. The summed E-state index contributed by atoms with van der Waals surface area (Å²) in [4.78, 5) is 15.9. The Bertz CT molecular complexity index is 679. The van der Waals surface area contributed by atoms with Gasteiger partial charge in [0.1, 0.15) is 6.07 Å². The van der Waals surface area contributed by atoms with Gasteiger partial charge in [0, 0.05) is 10.7 Å². The first kappa shape index (κ1) is 13.1. The molecule has 0 fully saturated rings. The molecule has 1 aromatic heterocycles. The number of amides is 1. The Morgan fingerprint density at radius 1 is 1.42 bits per heavy atom. The zero-order valence-electron chi connectivity index (χ0n) is 9.72. The van der Waals surface area contributed by atoms with E-state index in [-0.39, 0.29) is 11.6 Å². The fraction of sp³-hybridized carbons (Fsp3) is 0. The highest BCUT2D eigenvalue weighted by atomic mass is 79.9. The van der Waals surface area contributed by atoms with Gasteiger partial charge in [-0.1, -0.05) is 15.9 Å². The number of anilines is 2. The molecule has 2 aromatic rings. The lowest BCUT2D eigenvalue weighted by molar-refractivity contribution is 0.102. The lowest BCUT2D eigenvalue weighted by Gasteiger charge is -2.08. The van der Waals surface area contributed by atoms with Crippen LogP contribution in [0, 0.1) is 11.3 Å². The number of hydrogen-bond acceptors (Lipinski definition) is 4. The van der Waals surface area contributed by atoms with Crippen molar-refractivity contribution >= 4 is 33.2 Å². The van der Waals surface area contributed by atoms with Crippen LogP contribution in [0.15, 0.2) is 41.1 Å². The van der Waals surface area contributed by atoms with Crippen molar-refractivity contribution in [3.05, 3.63) is 52.3 Å². The number of hydrogen-bond donors (Lipinski definition) is 2. The van der Waals surface area contributed by atoms with E-state index in [2.05, 4.69) is 26.2 Å². The highest BCUT2D eigenvalue weighted by Gasteiger charge is 2.12. The lowest BCUT2D eigenvalue weighted by atomic mass is 10.1. The Hall–Kier alpha value is -2.39. The summed E-state index contributed by atoms with van der Waals surface area (Å²) < 4.78 is 0.769. The third-order valence-corrected chi connectivity index (χ3v) is 2.94. The second-order valence-electron chi connectivity index (χ2n) is 3.72. The average Bonchev–Trinajstić information content (AvgIpc) is 2.41. The fourth-order valence-electron chi connectivity index (χ4n) is 1.52. The molecule has 1 heterocycles. The first-order valence-electron chi connectivity index (χ1n) is 5.32. The first-order chi connectivity index (χ1) is 9.11. The van der Waals surface area contributed by atoms with E-state index < -0.39 is 0 Å². The molecular formula is C13H9BrN4O. The van der Waals surface area contributed by atoms with Crippen molar-refractivity contribution in [3.8, 4) is 6.07 Å². The summed E-state index contributed by atoms with van der Waals surface area (Å²) in [5.74, 6) is -0.376. The van der Waals surface area contributed by atoms with Crippen LogP contribution >= 0.6 is 15.9 Å². The number of rotatable bonds is 2. The number of aromatic nitrogens is 1.